The molecule has 0 unspecified atom stereocenters. The molecule has 0 N–H and O–H groups in total. The highest BCUT2D eigenvalue weighted by Crippen LogP contribution is 2.22. The molecule has 2 aromatic heterocycles. The minimum absolute atomic E-state index is 0.0643. The van der Waals surface area contributed by atoms with Crippen LogP contribution in [0.1, 0.15) is 36.2 Å². The highest BCUT2D eigenvalue weighted by Gasteiger charge is 2.18. The van der Waals surface area contributed by atoms with Gasteiger partial charge in [0, 0.05) is 44.1 Å². The lowest BCUT2D eigenvalue weighted by atomic mass is 9.95. The highest BCUT2D eigenvalue weighted by atomic mass is 35.5. The van der Waals surface area contributed by atoms with Gasteiger partial charge in [0.2, 0.25) is 0 Å². The second-order valence-corrected chi connectivity index (χ2v) is 8.75. The molecule has 0 spiro atoms. The first-order chi connectivity index (χ1) is 15.0. The predicted molar refractivity (Wildman–Crippen MR) is 124 cm³/mol. The lowest BCUT2D eigenvalue weighted by molar-refractivity contribution is 0.203. The summed E-state index contributed by atoms with van der Waals surface area (Å²) < 4.78 is 7.43. The summed E-state index contributed by atoms with van der Waals surface area (Å²) in [5.74, 6) is 0.542. The van der Waals surface area contributed by atoms with Crippen LogP contribution in [0.2, 0.25) is 5.02 Å². The number of ether oxygens (including phenoxy) is 1. The van der Waals surface area contributed by atoms with E-state index in [0.29, 0.717) is 30.0 Å². The summed E-state index contributed by atoms with van der Waals surface area (Å²) in [6.45, 7) is 7.58. The lowest BCUT2D eigenvalue weighted by Gasteiger charge is -2.32. The summed E-state index contributed by atoms with van der Waals surface area (Å²) in [5, 5.41) is 0.586. The fourth-order valence-corrected chi connectivity index (χ4v) is 4.00. The van der Waals surface area contributed by atoms with Gasteiger partial charge in [-0.1, -0.05) is 29.8 Å². The summed E-state index contributed by atoms with van der Waals surface area (Å²) in [6.07, 6.45) is 5.31. The molecule has 0 saturated heterocycles. The van der Waals surface area contributed by atoms with E-state index in [9.17, 15) is 4.79 Å². The molecule has 0 bridgehead atoms. The minimum atomic E-state index is -0.0643. The molecular weight excluding hydrogens is 410 g/mol. The van der Waals surface area contributed by atoms with Crippen molar-refractivity contribution in [2.24, 2.45) is 0 Å². The second kappa shape index (κ2) is 9.67. The average Bonchev–Trinajstić information content (AvgIpc) is 2.77. The number of aryl methyl sites for hydroxylation is 2. The van der Waals surface area contributed by atoms with Gasteiger partial charge < -0.3 is 9.30 Å². The molecule has 0 aliphatic carbocycles. The Morgan fingerprint density at radius 2 is 2.00 bits per heavy atom. The van der Waals surface area contributed by atoms with Crippen molar-refractivity contribution < 1.29 is 4.74 Å². The first kappa shape index (κ1) is 21.6. The van der Waals surface area contributed by atoms with E-state index in [1.165, 1.54) is 22.8 Å². The molecule has 0 saturated carbocycles. The summed E-state index contributed by atoms with van der Waals surface area (Å²) in [4.78, 5) is 19.2. The molecule has 0 amide bonds. The zero-order valence-corrected chi connectivity index (χ0v) is 18.8. The highest BCUT2D eigenvalue weighted by molar-refractivity contribution is 6.30. The summed E-state index contributed by atoms with van der Waals surface area (Å²) in [5.41, 5.74) is 4.84. The third-order valence-corrected chi connectivity index (χ3v) is 6.05. The van der Waals surface area contributed by atoms with Crippen LogP contribution < -0.4 is 10.3 Å². The Balaban J connectivity index is 1.36. The van der Waals surface area contributed by atoms with Crippen LogP contribution in [0.3, 0.4) is 0 Å². The molecule has 0 fully saturated rings. The number of fused-ring (bicyclic) bond motifs is 1. The number of pyridine rings is 2. The maximum atomic E-state index is 12.5. The largest absolute Gasteiger partial charge is 0.487 e. The number of rotatable bonds is 7. The Kier molecular flexibility index (Phi) is 6.73. The van der Waals surface area contributed by atoms with Crippen molar-refractivity contribution in [2.45, 2.75) is 52.4 Å². The van der Waals surface area contributed by atoms with Crippen molar-refractivity contribution in [3.05, 3.63) is 92.6 Å². The quantitative estimate of drug-likeness (QED) is 0.546. The van der Waals surface area contributed by atoms with E-state index in [4.69, 9.17) is 16.3 Å². The van der Waals surface area contributed by atoms with Crippen LogP contribution in [0.15, 0.2) is 59.7 Å². The van der Waals surface area contributed by atoms with Gasteiger partial charge in [-0.05, 0) is 61.6 Å². The van der Waals surface area contributed by atoms with Gasteiger partial charge in [-0.25, -0.2) is 0 Å². The number of hydrogen-bond donors (Lipinski definition) is 0. The lowest BCUT2D eigenvalue weighted by Crippen LogP contribution is -2.35. The normalized spacial score (nSPS) is 13.9. The molecular formula is C25H28ClN3O2. The van der Waals surface area contributed by atoms with Crippen molar-refractivity contribution in [2.75, 3.05) is 6.54 Å². The van der Waals surface area contributed by atoms with Gasteiger partial charge in [0.15, 0.2) is 0 Å². The van der Waals surface area contributed by atoms with Crippen molar-refractivity contribution in [3.8, 4) is 5.75 Å². The summed E-state index contributed by atoms with van der Waals surface area (Å²) >= 11 is 5.85. The SMILES string of the molecule is CC(C)N1CCc2ccc(CCn3ccc(OCc4ccc(Cl)cn4)cc3=O)cc2C1. The molecule has 0 atom stereocenters. The Hall–Kier alpha value is -2.63. The standard InChI is InChI=1S/C25H28ClN3O2/c1-18(2)29-11-8-20-4-3-19(13-21(20)16-29)7-10-28-12-9-24(14-25(28)30)31-17-23-6-5-22(26)15-27-23/h3-6,9,12-15,18H,7-8,10-11,16-17H2,1-2H3. The second-order valence-electron chi connectivity index (χ2n) is 8.32. The third kappa shape index (κ3) is 5.54. The molecule has 0 radical (unpaired) electrons. The van der Waals surface area contributed by atoms with Crippen LogP contribution in [0.5, 0.6) is 5.75 Å². The van der Waals surface area contributed by atoms with Gasteiger partial charge in [0.05, 0.1) is 10.7 Å². The first-order valence-corrected chi connectivity index (χ1v) is 11.1. The van der Waals surface area contributed by atoms with Gasteiger partial charge >= 0.3 is 0 Å². The number of benzene rings is 1. The monoisotopic (exact) mass is 437 g/mol. The van der Waals surface area contributed by atoms with E-state index < -0.39 is 0 Å². The molecule has 4 rings (SSSR count). The minimum Gasteiger partial charge on any atom is -0.487 e. The van der Waals surface area contributed by atoms with Gasteiger partial charge in [0.25, 0.3) is 5.56 Å². The Morgan fingerprint density at radius 1 is 1.13 bits per heavy atom. The average molecular weight is 438 g/mol. The van der Waals surface area contributed by atoms with Crippen LogP contribution in [0.25, 0.3) is 0 Å². The van der Waals surface area contributed by atoms with Gasteiger partial charge in [0.1, 0.15) is 12.4 Å². The van der Waals surface area contributed by atoms with E-state index in [1.807, 2.05) is 12.1 Å². The van der Waals surface area contributed by atoms with Crippen LogP contribution in [0.4, 0.5) is 0 Å². The van der Waals surface area contributed by atoms with Crippen LogP contribution in [-0.4, -0.2) is 27.0 Å². The molecule has 162 valence electrons. The number of aromatic nitrogens is 2. The van der Waals surface area contributed by atoms with Crippen LogP contribution >= 0.6 is 11.6 Å². The van der Waals surface area contributed by atoms with Crippen LogP contribution in [-0.2, 0) is 32.5 Å². The topological polar surface area (TPSA) is 47.4 Å². The van der Waals surface area contributed by atoms with Crippen LogP contribution in [0, 0.1) is 0 Å². The Morgan fingerprint density at radius 3 is 2.74 bits per heavy atom. The van der Waals surface area contributed by atoms with Gasteiger partial charge in [-0.15, -0.1) is 0 Å². The summed E-state index contributed by atoms with van der Waals surface area (Å²) in [7, 11) is 0. The number of hydrogen-bond acceptors (Lipinski definition) is 4. The van der Waals surface area contributed by atoms with Crippen molar-refractivity contribution in [1.29, 1.82) is 0 Å². The zero-order valence-electron chi connectivity index (χ0n) is 18.1. The number of halogens is 1. The molecule has 5 nitrogen and oxygen atoms in total. The Labute approximate surface area is 188 Å². The van der Waals surface area contributed by atoms with E-state index in [0.717, 1.165) is 31.6 Å². The smallest absolute Gasteiger partial charge is 0.254 e. The molecule has 3 heterocycles. The fraction of sp³-hybridized carbons (Fsp3) is 0.360. The van der Waals surface area contributed by atoms with Gasteiger partial charge in [-0.3, -0.25) is 14.7 Å². The summed E-state index contributed by atoms with van der Waals surface area (Å²) in [6, 6.07) is 14.3. The molecule has 1 aliphatic heterocycles. The Bertz CT molecular complexity index is 1090. The van der Waals surface area contributed by atoms with Crippen molar-refractivity contribution in [1.82, 2.24) is 14.5 Å². The maximum absolute atomic E-state index is 12.5. The van der Waals surface area contributed by atoms with E-state index in [1.54, 1.807) is 23.0 Å². The van der Waals surface area contributed by atoms with E-state index in [2.05, 4.69) is 41.9 Å². The molecule has 1 aliphatic rings. The predicted octanol–water partition coefficient (Wildman–Crippen LogP) is 4.48. The first-order valence-electron chi connectivity index (χ1n) is 10.8. The van der Waals surface area contributed by atoms with E-state index in [-0.39, 0.29) is 5.56 Å². The third-order valence-electron chi connectivity index (χ3n) is 5.83. The van der Waals surface area contributed by atoms with E-state index >= 15 is 0 Å². The zero-order chi connectivity index (χ0) is 21.8. The fourth-order valence-electron chi connectivity index (χ4n) is 3.89. The molecule has 31 heavy (non-hydrogen) atoms. The van der Waals surface area contributed by atoms with Gasteiger partial charge in [-0.2, -0.15) is 0 Å². The molecule has 6 heteroatoms. The molecule has 3 aromatic rings. The van der Waals surface area contributed by atoms with Crippen molar-refractivity contribution in [3.63, 3.8) is 0 Å². The number of nitrogens with zero attached hydrogens (tertiary/aromatic N) is 3. The maximum Gasteiger partial charge on any atom is 0.254 e. The van der Waals surface area contributed by atoms with Crippen molar-refractivity contribution >= 4 is 11.6 Å². The molecule has 1 aromatic carbocycles.